The SMILES string of the molecule is CC1(C)c2ccc(OCCN3CCSCC3)cc2Nc2cccc(Cl)c21. The first-order valence-corrected chi connectivity index (χ1v) is 10.7. The van der Waals surface area contributed by atoms with E-state index in [-0.39, 0.29) is 5.41 Å². The Labute approximate surface area is 165 Å². The summed E-state index contributed by atoms with van der Waals surface area (Å²) in [4.78, 5) is 2.48. The van der Waals surface area contributed by atoms with E-state index < -0.39 is 0 Å². The van der Waals surface area contributed by atoms with E-state index in [4.69, 9.17) is 16.3 Å². The van der Waals surface area contributed by atoms with Crippen molar-refractivity contribution in [2.75, 3.05) is 43.1 Å². The van der Waals surface area contributed by atoms with Crippen LogP contribution >= 0.6 is 23.4 Å². The van der Waals surface area contributed by atoms with Crippen LogP contribution in [0.25, 0.3) is 0 Å². The molecule has 1 saturated heterocycles. The van der Waals surface area contributed by atoms with Crippen molar-refractivity contribution in [2.24, 2.45) is 0 Å². The Hall–Kier alpha value is -1.36. The van der Waals surface area contributed by atoms with Crippen molar-refractivity contribution in [1.82, 2.24) is 4.90 Å². The molecule has 0 atom stereocenters. The van der Waals surface area contributed by atoms with Crippen molar-refractivity contribution in [3.63, 3.8) is 0 Å². The molecule has 2 aromatic carbocycles. The van der Waals surface area contributed by atoms with Gasteiger partial charge in [0.2, 0.25) is 0 Å². The third kappa shape index (κ3) is 3.42. The topological polar surface area (TPSA) is 24.5 Å². The van der Waals surface area contributed by atoms with Crippen molar-refractivity contribution in [3.05, 3.63) is 52.5 Å². The van der Waals surface area contributed by atoms with Crippen LogP contribution in [0.2, 0.25) is 5.02 Å². The molecule has 1 fully saturated rings. The standard InChI is InChI=1S/C21H25ClN2OS/c1-21(2)16-7-6-15(25-11-8-24-9-12-26-13-10-24)14-19(16)23-18-5-3-4-17(22)20(18)21/h3-7,14,23H,8-13H2,1-2H3. The van der Waals surface area contributed by atoms with Crippen LogP contribution in [0.4, 0.5) is 11.4 Å². The van der Waals surface area contributed by atoms with E-state index in [1.807, 2.05) is 23.9 Å². The molecule has 0 aromatic heterocycles. The van der Waals surface area contributed by atoms with Crippen LogP contribution in [0.15, 0.2) is 36.4 Å². The molecule has 2 aliphatic heterocycles. The molecule has 0 bridgehead atoms. The van der Waals surface area contributed by atoms with Gasteiger partial charge < -0.3 is 10.1 Å². The summed E-state index contributed by atoms with van der Waals surface area (Å²) < 4.78 is 6.04. The number of thioether (sulfide) groups is 1. The van der Waals surface area contributed by atoms with Gasteiger partial charge >= 0.3 is 0 Å². The second-order valence-electron chi connectivity index (χ2n) is 7.42. The number of hydrogen-bond acceptors (Lipinski definition) is 4. The van der Waals surface area contributed by atoms with E-state index in [1.54, 1.807) is 0 Å². The molecule has 0 spiro atoms. The van der Waals surface area contributed by atoms with Crippen LogP contribution in [0.5, 0.6) is 5.75 Å². The molecular formula is C21H25ClN2OS. The van der Waals surface area contributed by atoms with E-state index in [2.05, 4.69) is 48.3 Å². The fraction of sp³-hybridized carbons (Fsp3) is 0.429. The lowest BCUT2D eigenvalue weighted by atomic mass is 9.74. The van der Waals surface area contributed by atoms with Crippen molar-refractivity contribution in [2.45, 2.75) is 19.3 Å². The number of anilines is 2. The molecule has 1 N–H and O–H groups in total. The predicted octanol–water partition coefficient (Wildman–Crippen LogP) is 5.15. The van der Waals surface area contributed by atoms with Gasteiger partial charge in [0, 0.05) is 64.6 Å². The van der Waals surface area contributed by atoms with Crippen molar-refractivity contribution in [3.8, 4) is 5.75 Å². The maximum atomic E-state index is 6.50. The lowest BCUT2D eigenvalue weighted by molar-refractivity contribution is 0.222. The molecular weight excluding hydrogens is 364 g/mol. The molecule has 2 heterocycles. The van der Waals surface area contributed by atoms with Gasteiger partial charge in [-0.25, -0.2) is 0 Å². The first kappa shape index (κ1) is 18.0. The summed E-state index contributed by atoms with van der Waals surface area (Å²) in [6, 6.07) is 12.4. The highest BCUT2D eigenvalue weighted by Gasteiger charge is 2.34. The summed E-state index contributed by atoms with van der Waals surface area (Å²) in [7, 11) is 0. The van der Waals surface area contributed by atoms with Crippen LogP contribution in [0.1, 0.15) is 25.0 Å². The van der Waals surface area contributed by atoms with Crippen LogP contribution in [-0.4, -0.2) is 42.6 Å². The number of ether oxygens (including phenoxy) is 1. The van der Waals surface area contributed by atoms with Crippen LogP contribution < -0.4 is 10.1 Å². The molecule has 3 nitrogen and oxygen atoms in total. The van der Waals surface area contributed by atoms with Gasteiger partial charge in [-0.3, -0.25) is 4.90 Å². The summed E-state index contributed by atoms with van der Waals surface area (Å²) in [6.07, 6.45) is 0. The van der Waals surface area contributed by atoms with E-state index in [0.29, 0.717) is 0 Å². The average molecular weight is 389 g/mol. The third-order valence-electron chi connectivity index (χ3n) is 5.35. The summed E-state index contributed by atoms with van der Waals surface area (Å²) in [6.45, 7) is 8.53. The molecule has 26 heavy (non-hydrogen) atoms. The van der Waals surface area contributed by atoms with Gasteiger partial charge in [-0.05, 0) is 23.8 Å². The van der Waals surface area contributed by atoms with Crippen molar-refractivity contribution in [1.29, 1.82) is 0 Å². The molecule has 0 unspecified atom stereocenters. The van der Waals surface area contributed by atoms with E-state index in [0.717, 1.165) is 40.9 Å². The molecule has 5 heteroatoms. The fourth-order valence-electron chi connectivity index (χ4n) is 3.92. The summed E-state index contributed by atoms with van der Waals surface area (Å²) in [5, 5.41) is 4.35. The molecule has 138 valence electrons. The van der Waals surface area contributed by atoms with Crippen LogP contribution in [0.3, 0.4) is 0 Å². The normalized spacial score (nSPS) is 18.6. The second kappa shape index (κ2) is 7.34. The highest BCUT2D eigenvalue weighted by molar-refractivity contribution is 7.99. The van der Waals surface area contributed by atoms with E-state index in [9.17, 15) is 0 Å². The lowest BCUT2D eigenvalue weighted by Crippen LogP contribution is -2.35. The summed E-state index contributed by atoms with van der Waals surface area (Å²) in [5.41, 5.74) is 4.46. The Balaban J connectivity index is 1.50. The first-order valence-electron chi connectivity index (χ1n) is 9.19. The van der Waals surface area contributed by atoms with Gasteiger partial charge in [0.1, 0.15) is 12.4 Å². The van der Waals surface area contributed by atoms with E-state index in [1.165, 1.54) is 30.2 Å². The Kier molecular flexibility index (Phi) is 5.09. The van der Waals surface area contributed by atoms with Crippen LogP contribution in [-0.2, 0) is 5.41 Å². The molecule has 4 rings (SSSR count). The number of nitrogens with zero attached hydrogens (tertiary/aromatic N) is 1. The molecule has 0 saturated carbocycles. The van der Waals surface area contributed by atoms with Gasteiger partial charge in [0.15, 0.2) is 0 Å². The van der Waals surface area contributed by atoms with Crippen molar-refractivity contribution >= 4 is 34.7 Å². The number of rotatable bonds is 4. The molecule has 2 aromatic rings. The molecule has 0 radical (unpaired) electrons. The Bertz CT molecular complexity index is 803. The van der Waals surface area contributed by atoms with Gasteiger partial charge in [0.05, 0.1) is 0 Å². The van der Waals surface area contributed by atoms with Gasteiger partial charge in [0.25, 0.3) is 0 Å². The largest absolute Gasteiger partial charge is 0.492 e. The number of fused-ring (bicyclic) bond motifs is 2. The molecule has 0 amide bonds. The number of hydrogen-bond donors (Lipinski definition) is 1. The zero-order valence-electron chi connectivity index (χ0n) is 15.3. The first-order chi connectivity index (χ1) is 12.6. The number of halogens is 1. The smallest absolute Gasteiger partial charge is 0.121 e. The van der Waals surface area contributed by atoms with Crippen LogP contribution in [0, 0.1) is 0 Å². The maximum Gasteiger partial charge on any atom is 0.121 e. The minimum atomic E-state index is -0.141. The molecule has 2 aliphatic rings. The van der Waals surface area contributed by atoms with Crippen molar-refractivity contribution < 1.29 is 4.74 Å². The highest BCUT2D eigenvalue weighted by Crippen LogP contribution is 2.48. The monoisotopic (exact) mass is 388 g/mol. The minimum absolute atomic E-state index is 0.141. The lowest BCUT2D eigenvalue weighted by Gasteiger charge is -2.36. The Morgan fingerprint density at radius 3 is 2.77 bits per heavy atom. The van der Waals surface area contributed by atoms with Gasteiger partial charge in [-0.1, -0.05) is 37.6 Å². The average Bonchev–Trinajstić information content (AvgIpc) is 2.62. The number of benzene rings is 2. The maximum absolute atomic E-state index is 6.50. The second-order valence-corrected chi connectivity index (χ2v) is 9.05. The quantitative estimate of drug-likeness (QED) is 0.782. The number of nitrogens with one attached hydrogen (secondary N) is 1. The Morgan fingerprint density at radius 2 is 1.96 bits per heavy atom. The van der Waals surface area contributed by atoms with Gasteiger partial charge in [-0.15, -0.1) is 0 Å². The minimum Gasteiger partial charge on any atom is -0.492 e. The van der Waals surface area contributed by atoms with E-state index >= 15 is 0 Å². The Morgan fingerprint density at radius 1 is 1.15 bits per heavy atom. The fourth-order valence-corrected chi connectivity index (χ4v) is 5.31. The third-order valence-corrected chi connectivity index (χ3v) is 6.61. The molecule has 0 aliphatic carbocycles. The zero-order chi connectivity index (χ0) is 18.1. The predicted molar refractivity (Wildman–Crippen MR) is 113 cm³/mol. The zero-order valence-corrected chi connectivity index (χ0v) is 16.9. The summed E-state index contributed by atoms with van der Waals surface area (Å²) in [5.74, 6) is 3.39. The highest BCUT2D eigenvalue weighted by atomic mass is 35.5. The van der Waals surface area contributed by atoms with Gasteiger partial charge in [-0.2, -0.15) is 11.8 Å². The summed E-state index contributed by atoms with van der Waals surface area (Å²) >= 11 is 8.53.